The number of anilines is 2. The summed E-state index contributed by atoms with van der Waals surface area (Å²) in [4.78, 5) is 29.1. The molecule has 0 bridgehead atoms. The molecule has 0 aliphatic carbocycles. The summed E-state index contributed by atoms with van der Waals surface area (Å²) in [6, 6.07) is 15.1. The van der Waals surface area contributed by atoms with Crippen molar-refractivity contribution in [2.75, 3.05) is 29.9 Å². The van der Waals surface area contributed by atoms with Crippen LogP contribution < -0.4 is 15.5 Å². The summed E-state index contributed by atoms with van der Waals surface area (Å²) in [7, 11) is 1.73. The normalized spacial score (nSPS) is 19.1. The number of hydrogen-bond acceptors (Lipinski definition) is 3. The van der Waals surface area contributed by atoms with E-state index in [1.54, 1.807) is 16.8 Å². The second-order valence-corrected chi connectivity index (χ2v) is 5.89. The largest absolute Gasteiger partial charge is 0.329 e. The van der Waals surface area contributed by atoms with Gasteiger partial charge < -0.3 is 15.5 Å². The molecule has 0 spiro atoms. The SMILES string of the molecule is CN1C(=O)/C(=C2/C(=O)N(CCN)c3ccccc32)c2ccccc21. The Kier molecular flexibility index (Phi) is 3.25. The average Bonchev–Trinajstić information content (AvgIpc) is 3.01. The summed E-state index contributed by atoms with van der Waals surface area (Å²) in [6.07, 6.45) is 0. The summed E-state index contributed by atoms with van der Waals surface area (Å²) >= 11 is 0. The van der Waals surface area contributed by atoms with Crippen molar-refractivity contribution in [2.24, 2.45) is 5.73 Å². The number of nitrogens with zero attached hydrogens (tertiary/aromatic N) is 2. The molecular weight excluding hydrogens is 302 g/mol. The minimum absolute atomic E-state index is 0.149. The van der Waals surface area contributed by atoms with Gasteiger partial charge in [-0.3, -0.25) is 9.59 Å². The first-order valence-corrected chi connectivity index (χ1v) is 7.88. The van der Waals surface area contributed by atoms with E-state index in [1.807, 2.05) is 48.5 Å². The van der Waals surface area contributed by atoms with E-state index in [4.69, 9.17) is 5.73 Å². The van der Waals surface area contributed by atoms with Gasteiger partial charge in [-0.05, 0) is 12.1 Å². The summed E-state index contributed by atoms with van der Waals surface area (Å²) in [6.45, 7) is 0.797. The highest BCUT2D eigenvalue weighted by Crippen LogP contribution is 2.45. The van der Waals surface area contributed by atoms with Gasteiger partial charge in [-0.15, -0.1) is 0 Å². The number of rotatable bonds is 2. The number of para-hydroxylation sites is 2. The number of carbonyl (C=O) groups is 2. The van der Waals surface area contributed by atoms with E-state index in [1.165, 1.54) is 0 Å². The van der Waals surface area contributed by atoms with Crippen molar-refractivity contribution in [3.63, 3.8) is 0 Å². The van der Waals surface area contributed by atoms with Crippen molar-refractivity contribution in [2.45, 2.75) is 0 Å². The maximum absolute atomic E-state index is 13.0. The van der Waals surface area contributed by atoms with E-state index in [0.29, 0.717) is 24.2 Å². The molecule has 0 atom stereocenters. The molecule has 120 valence electrons. The van der Waals surface area contributed by atoms with Crippen LogP contribution in [0, 0.1) is 0 Å². The second-order valence-electron chi connectivity index (χ2n) is 5.89. The molecule has 0 saturated heterocycles. The molecule has 0 fully saturated rings. The third-order valence-corrected chi connectivity index (χ3v) is 4.58. The Morgan fingerprint density at radius 1 is 0.833 bits per heavy atom. The van der Waals surface area contributed by atoms with Crippen molar-refractivity contribution in [1.82, 2.24) is 0 Å². The molecule has 5 heteroatoms. The maximum atomic E-state index is 13.0. The molecule has 0 radical (unpaired) electrons. The number of fused-ring (bicyclic) bond motifs is 2. The average molecular weight is 319 g/mol. The molecular formula is C19H17N3O2. The van der Waals surface area contributed by atoms with Gasteiger partial charge in [0.2, 0.25) is 0 Å². The Balaban J connectivity index is 2.01. The zero-order chi connectivity index (χ0) is 16.8. The van der Waals surface area contributed by atoms with Gasteiger partial charge in [-0.25, -0.2) is 0 Å². The van der Waals surface area contributed by atoms with Crippen LogP contribution in [0.15, 0.2) is 48.5 Å². The van der Waals surface area contributed by atoms with E-state index in [9.17, 15) is 9.59 Å². The smallest absolute Gasteiger partial charge is 0.259 e. The van der Waals surface area contributed by atoms with Gasteiger partial charge in [-0.2, -0.15) is 0 Å². The third kappa shape index (κ3) is 1.85. The van der Waals surface area contributed by atoms with Crippen molar-refractivity contribution in [3.8, 4) is 0 Å². The number of likely N-dealkylation sites (N-methyl/N-ethyl adjacent to an activating group) is 1. The van der Waals surface area contributed by atoms with Gasteiger partial charge in [0.25, 0.3) is 11.8 Å². The van der Waals surface area contributed by atoms with Crippen LogP contribution in [-0.2, 0) is 9.59 Å². The summed E-state index contributed by atoms with van der Waals surface area (Å²) in [5.41, 5.74) is 9.86. The summed E-state index contributed by atoms with van der Waals surface area (Å²) < 4.78 is 0. The Labute approximate surface area is 140 Å². The molecule has 0 saturated carbocycles. The van der Waals surface area contributed by atoms with Gasteiger partial charge in [0.05, 0.1) is 22.5 Å². The van der Waals surface area contributed by atoms with E-state index in [0.717, 1.165) is 22.5 Å². The number of hydrogen-bond donors (Lipinski definition) is 1. The Bertz CT molecular complexity index is 901. The monoisotopic (exact) mass is 319 g/mol. The van der Waals surface area contributed by atoms with Crippen LogP contribution in [0.4, 0.5) is 11.4 Å². The summed E-state index contributed by atoms with van der Waals surface area (Å²) in [5.74, 6) is -0.306. The van der Waals surface area contributed by atoms with Gasteiger partial charge in [0, 0.05) is 31.3 Å². The molecule has 2 aromatic rings. The van der Waals surface area contributed by atoms with E-state index in [-0.39, 0.29) is 11.8 Å². The predicted octanol–water partition coefficient (Wildman–Crippen LogP) is 1.88. The molecule has 2 aliphatic rings. The van der Waals surface area contributed by atoms with E-state index >= 15 is 0 Å². The molecule has 0 unspecified atom stereocenters. The quantitative estimate of drug-likeness (QED) is 0.860. The van der Waals surface area contributed by atoms with Crippen LogP contribution in [0.25, 0.3) is 11.1 Å². The first-order valence-electron chi connectivity index (χ1n) is 7.88. The first-order chi connectivity index (χ1) is 11.6. The van der Waals surface area contributed by atoms with Crippen molar-refractivity contribution >= 4 is 34.3 Å². The lowest BCUT2D eigenvalue weighted by Gasteiger charge is -2.15. The Hall–Kier alpha value is -2.92. The van der Waals surface area contributed by atoms with Crippen LogP contribution in [-0.4, -0.2) is 32.0 Å². The number of carbonyl (C=O) groups excluding carboxylic acids is 2. The number of nitrogens with two attached hydrogens (primary N) is 1. The molecule has 2 N–H and O–H groups in total. The van der Waals surface area contributed by atoms with Crippen molar-refractivity contribution < 1.29 is 9.59 Å². The molecule has 4 rings (SSSR count). The summed E-state index contributed by atoms with van der Waals surface area (Å²) in [5, 5.41) is 0. The standard InChI is InChI=1S/C19H17N3O2/c1-21-14-8-4-2-6-12(14)16(18(21)23)17-13-7-3-5-9-15(13)22(11-10-20)19(17)24/h2-9H,10-11,20H2,1H3/b17-16+. The lowest BCUT2D eigenvalue weighted by molar-refractivity contribution is -0.114. The van der Waals surface area contributed by atoms with Crippen molar-refractivity contribution in [3.05, 3.63) is 59.7 Å². The Morgan fingerprint density at radius 3 is 2.04 bits per heavy atom. The molecule has 5 nitrogen and oxygen atoms in total. The highest BCUT2D eigenvalue weighted by atomic mass is 16.2. The van der Waals surface area contributed by atoms with Crippen LogP contribution in [0.2, 0.25) is 0 Å². The molecule has 2 aliphatic heterocycles. The fourth-order valence-corrected chi connectivity index (χ4v) is 3.48. The zero-order valence-electron chi connectivity index (χ0n) is 13.3. The second kappa shape index (κ2) is 5.32. The molecule has 2 heterocycles. The van der Waals surface area contributed by atoms with Crippen LogP contribution in [0.3, 0.4) is 0 Å². The van der Waals surface area contributed by atoms with Crippen LogP contribution >= 0.6 is 0 Å². The van der Waals surface area contributed by atoms with Gasteiger partial charge in [0.15, 0.2) is 0 Å². The Morgan fingerprint density at radius 2 is 1.38 bits per heavy atom. The van der Waals surface area contributed by atoms with Crippen molar-refractivity contribution in [1.29, 1.82) is 0 Å². The third-order valence-electron chi connectivity index (χ3n) is 4.58. The molecule has 0 aromatic heterocycles. The van der Waals surface area contributed by atoms with E-state index in [2.05, 4.69) is 0 Å². The lowest BCUT2D eigenvalue weighted by atomic mass is 9.96. The topological polar surface area (TPSA) is 66.6 Å². The lowest BCUT2D eigenvalue weighted by Crippen LogP contribution is -2.32. The van der Waals surface area contributed by atoms with Crippen LogP contribution in [0.1, 0.15) is 11.1 Å². The maximum Gasteiger partial charge on any atom is 0.259 e. The van der Waals surface area contributed by atoms with Gasteiger partial charge in [0.1, 0.15) is 0 Å². The number of benzene rings is 2. The fourth-order valence-electron chi connectivity index (χ4n) is 3.48. The highest BCUT2D eigenvalue weighted by Gasteiger charge is 2.40. The van der Waals surface area contributed by atoms with Gasteiger partial charge >= 0.3 is 0 Å². The zero-order valence-corrected chi connectivity index (χ0v) is 13.3. The minimum Gasteiger partial charge on any atom is -0.329 e. The first kappa shape index (κ1) is 14.7. The highest BCUT2D eigenvalue weighted by molar-refractivity contribution is 6.49. The minimum atomic E-state index is -0.157. The number of amides is 2. The van der Waals surface area contributed by atoms with E-state index < -0.39 is 0 Å². The van der Waals surface area contributed by atoms with Crippen LogP contribution in [0.5, 0.6) is 0 Å². The predicted molar refractivity (Wildman–Crippen MR) is 94.5 cm³/mol. The molecule has 24 heavy (non-hydrogen) atoms. The fraction of sp³-hybridized carbons (Fsp3) is 0.158. The molecule has 2 amide bonds. The molecule has 2 aromatic carbocycles. The van der Waals surface area contributed by atoms with Gasteiger partial charge in [-0.1, -0.05) is 36.4 Å².